The maximum Gasteiger partial charge on any atom is 0.260 e. The minimum absolute atomic E-state index is 0.216. The van der Waals surface area contributed by atoms with Crippen LogP contribution in [-0.4, -0.2) is 44.8 Å². The molecule has 0 spiro atoms. The number of anilines is 1. The maximum atomic E-state index is 12.6. The SMILES string of the molecule is O=C(Nc1nccs1)c1cncnc1CC1CCN(C(=O)CCc2ccccc2)CC1. The fourth-order valence-corrected chi connectivity index (χ4v) is 4.39. The average Bonchev–Trinajstić information content (AvgIpc) is 3.32. The molecule has 0 aliphatic carbocycles. The van der Waals surface area contributed by atoms with Crippen LogP contribution in [0.3, 0.4) is 0 Å². The van der Waals surface area contributed by atoms with Gasteiger partial charge in [0.2, 0.25) is 5.91 Å². The molecule has 0 atom stereocenters. The fraction of sp³-hybridized carbons (Fsp3) is 0.348. The van der Waals surface area contributed by atoms with Gasteiger partial charge < -0.3 is 4.90 Å². The van der Waals surface area contributed by atoms with Gasteiger partial charge in [0.15, 0.2) is 5.13 Å². The third kappa shape index (κ3) is 5.73. The van der Waals surface area contributed by atoms with Crippen LogP contribution >= 0.6 is 11.3 Å². The molecule has 2 aromatic heterocycles. The molecule has 3 aromatic rings. The first-order valence-electron chi connectivity index (χ1n) is 10.5. The van der Waals surface area contributed by atoms with Gasteiger partial charge in [0, 0.05) is 37.3 Å². The lowest BCUT2D eigenvalue weighted by Gasteiger charge is -2.32. The van der Waals surface area contributed by atoms with E-state index in [4.69, 9.17) is 0 Å². The van der Waals surface area contributed by atoms with Crippen molar-refractivity contribution in [2.75, 3.05) is 18.4 Å². The number of hydrogen-bond donors (Lipinski definition) is 1. The Labute approximate surface area is 185 Å². The first kappa shape index (κ1) is 21.1. The van der Waals surface area contributed by atoms with Crippen LogP contribution in [0.15, 0.2) is 54.4 Å². The monoisotopic (exact) mass is 435 g/mol. The predicted molar refractivity (Wildman–Crippen MR) is 120 cm³/mol. The predicted octanol–water partition coefficient (Wildman–Crippen LogP) is 3.60. The molecule has 4 rings (SSSR count). The van der Waals surface area contributed by atoms with Crippen LogP contribution in [0.5, 0.6) is 0 Å². The lowest BCUT2D eigenvalue weighted by atomic mass is 9.90. The van der Waals surface area contributed by atoms with E-state index in [0.29, 0.717) is 29.5 Å². The second-order valence-corrected chi connectivity index (χ2v) is 8.58. The van der Waals surface area contributed by atoms with Gasteiger partial charge in [-0.05, 0) is 37.2 Å². The van der Waals surface area contributed by atoms with Crippen molar-refractivity contribution in [3.63, 3.8) is 0 Å². The van der Waals surface area contributed by atoms with E-state index in [1.54, 1.807) is 12.4 Å². The largest absolute Gasteiger partial charge is 0.343 e. The Morgan fingerprint density at radius 1 is 1.13 bits per heavy atom. The molecule has 2 amide bonds. The Balaban J connectivity index is 1.29. The molecule has 0 bridgehead atoms. The second kappa shape index (κ2) is 10.3. The highest BCUT2D eigenvalue weighted by molar-refractivity contribution is 7.13. The summed E-state index contributed by atoms with van der Waals surface area (Å²) in [6.07, 6.45) is 8.54. The minimum Gasteiger partial charge on any atom is -0.343 e. The minimum atomic E-state index is -0.237. The molecule has 1 saturated heterocycles. The molecule has 3 heterocycles. The summed E-state index contributed by atoms with van der Waals surface area (Å²) in [7, 11) is 0. The summed E-state index contributed by atoms with van der Waals surface area (Å²) in [5, 5.41) is 5.17. The van der Waals surface area contributed by atoms with Gasteiger partial charge in [0.25, 0.3) is 5.91 Å². The van der Waals surface area contributed by atoms with Crippen LogP contribution in [0.1, 0.15) is 40.9 Å². The van der Waals surface area contributed by atoms with Crippen molar-refractivity contribution >= 4 is 28.3 Å². The molecule has 0 unspecified atom stereocenters. The molecule has 1 N–H and O–H groups in total. The highest BCUT2D eigenvalue weighted by atomic mass is 32.1. The molecule has 0 radical (unpaired) electrons. The second-order valence-electron chi connectivity index (χ2n) is 7.69. The Morgan fingerprint density at radius 2 is 1.94 bits per heavy atom. The van der Waals surface area contributed by atoms with Gasteiger partial charge in [0.1, 0.15) is 6.33 Å². The van der Waals surface area contributed by atoms with Gasteiger partial charge in [-0.2, -0.15) is 0 Å². The van der Waals surface area contributed by atoms with Crippen LogP contribution in [0.4, 0.5) is 5.13 Å². The third-order valence-corrected chi connectivity index (χ3v) is 6.30. The Hall–Kier alpha value is -3.13. The van der Waals surface area contributed by atoms with E-state index < -0.39 is 0 Å². The van der Waals surface area contributed by atoms with Crippen molar-refractivity contribution in [1.29, 1.82) is 0 Å². The molecule has 1 aliphatic heterocycles. The smallest absolute Gasteiger partial charge is 0.260 e. The van der Waals surface area contributed by atoms with Crippen LogP contribution in [0.2, 0.25) is 0 Å². The molecular weight excluding hydrogens is 410 g/mol. The number of aromatic nitrogens is 3. The molecule has 31 heavy (non-hydrogen) atoms. The number of nitrogens with one attached hydrogen (secondary N) is 1. The molecule has 160 valence electrons. The van der Waals surface area contributed by atoms with Crippen LogP contribution < -0.4 is 5.32 Å². The summed E-state index contributed by atoms with van der Waals surface area (Å²) >= 11 is 1.37. The number of carbonyl (C=O) groups is 2. The van der Waals surface area contributed by atoms with E-state index >= 15 is 0 Å². The summed E-state index contributed by atoms with van der Waals surface area (Å²) in [5.41, 5.74) is 2.43. The van der Waals surface area contributed by atoms with Crippen molar-refractivity contribution in [1.82, 2.24) is 19.9 Å². The van der Waals surface area contributed by atoms with Gasteiger partial charge >= 0.3 is 0 Å². The molecule has 7 nitrogen and oxygen atoms in total. The zero-order valence-electron chi connectivity index (χ0n) is 17.2. The third-order valence-electron chi connectivity index (χ3n) is 5.61. The van der Waals surface area contributed by atoms with Crippen LogP contribution in [0.25, 0.3) is 0 Å². The Kier molecular flexibility index (Phi) is 6.99. The number of piperidine rings is 1. The summed E-state index contributed by atoms with van der Waals surface area (Å²) in [6.45, 7) is 1.51. The molecule has 8 heteroatoms. The topological polar surface area (TPSA) is 88.1 Å². The summed E-state index contributed by atoms with van der Waals surface area (Å²) < 4.78 is 0. The van der Waals surface area contributed by atoms with Crippen molar-refractivity contribution in [2.45, 2.75) is 32.1 Å². The summed E-state index contributed by atoms with van der Waals surface area (Å²) in [5.74, 6) is 0.367. The van der Waals surface area contributed by atoms with Crippen molar-refractivity contribution in [3.05, 3.63) is 71.3 Å². The van der Waals surface area contributed by atoms with E-state index in [1.165, 1.54) is 23.2 Å². The molecule has 1 aliphatic rings. The highest BCUT2D eigenvalue weighted by Crippen LogP contribution is 2.23. The number of thiazole rings is 1. The Morgan fingerprint density at radius 3 is 2.68 bits per heavy atom. The average molecular weight is 436 g/mol. The number of benzene rings is 1. The Bertz CT molecular complexity index is 1000. The fourth-order valence-electron chi connectivity index (χ4n) is 3.87. The van der Waals surface area contributed by atoms with Crippen LogP contribution in [0, 0.1) is 5.92 Å². The zero-order valence-corrected chi connectivity index (χ0v) is 18.1. The number of hydrogen-bond acceptors (Lipinski definition) is 6. The van der Waals surface area contributed by atoms with E-state index in [-0.39, 0.29) is 11.8 Å². The number of rotatable bonds is 7. The van der Waals surface area contributed by atoms with Crippen molar-refractivity contribution < 1.29 is 9.59 Å². The van der Waals surface area contributed by atoms with Gasteiger partial charge in [-0.15, -0.1) is 11.3 Å². The normalized spacial score (nSPS) is 14.4. The summed E-state index contributed by atoms with van der Waals surface area (Å²) in [4.78, 5) is 39.7. The van der Waals surface area contributed by atoms with E-state index in [2.05, 4.69) is 32.4 Å². The molecular formula is C23H25N5O2S. The van der Waals surface area contributed by atoms with Gasteiger partial charge in [-0.1, -0.05) is 30.3 Å². The van der Waals surface area contributed by atoms with Crippen LogP contribution in [-0.2, 0) is 17.6 Å². The van der Waals surface area contributed by atoms with Gasteiger partial charge in [-0.25, -0.2) is 15.0 Å². The number of nitrogens with zero attached hydrogens (tertiary/aromatic N) is 4. The molecule has 1 aromatic carbocycles. The first-order chi connectivity index (χ1) is 15.2. The highest BCUT2D eigenvalue weighted by Gasteiger charge is 2.25. The number of likely N-dealkylation sites (tertiary alicyclic amines) is 1. The lowest BCUT2D eigenvalue weighted by Crippen LogP contribution is -2.39. The molecule has 1 fully saturated rings. The number of carbonyl (C=O) groups excluding carboxylic acids is 2. The van der Waals surface area contributed by atoms with Crippen molar-refractivity contribution in [2.24, 2.45) is 5.92 Å². The van der Waals surface area contributed by atoms with Crippen molar-refractivity contribution in [3.8, 4) is 0 Å². The van der Waals surface area contributed by atoms with E-state index in [9.17, 15) is 9.59 Å². The standard InChI is InChI=1S/C23H25N5O2S/c29-21(7-6-17-4-2-1-3-5-17)28-11-8-18(9-12-28)14-20-19(15-24-16-26-20)22(30)27-23-25-10-13-31-23/h1-5,10,13,15-16,18H,6-9,11-12,14H2,(H,25,27,30). The maximum absolute atomic E-state index is 12.6. The summed E-state index contributed by atoms with van der Waals surface area (Å²) in [6, 6.07) is 10.1. The molecule has 0 saturated carbocycles. The lowest BCUT2D eigenvalue weighted by molar-refractivity contribution is -0.132. The number of aryl methyl sites for hydroxylation is 1. The quantitative estimate of drug-likeness (QED) is 0.613. The van der Waals surface area contributed by atoms with E-state index in [1.807, 2.05) is 28.5 Å². The number of amides is 2. The van der Waals surface area contributed by atoms with E-state index in [0.717, 1.165) is 38.0 Å². The van der Waals surface area contributed by atoms with Gasteiger partial charge in [0.05, 0.1) is 11.3 Å². The zero-order chi connectivity index (χ0) is 21.5. The first-order valence-corrected chi connectivity index (χ1v) is 11.4. The van der Waals surface area contributed by atoms with Gasteiger partial charge in [-0.3, -0.25) is 14.9 Å².